The monoisotopic (exact) mass is 178 g/mol. The van der Waals surface area contributed by atoms with E-state index in [9.17, 15) is 0 Å². The third-order valence-electron chi connectivity index (χ3n) is 4.42. The SMILES string of the molecule is C=CCC(C)C(C)CC1CC12CC2. The molecule has 0 radical (unpaired) electrons. The third kappa shape index (κ3) is 1.82. The molecule has 0 aliphatic heterocycles. The highest BCUT2D eigenvalue weighted by Gasteiger charge is 2.62. The van der Waals surface area contributed by atoms with Gasteiger partial charge in [0, 0.05) is 0 Å². The minimum Gasteiger partial charge on any atom is -0.103 e. The molecule has 2 fully saturated rings. The van der Waals surface area contributed by atoms with E-state index in [1.165, 1.54) is 12.8 Å². The van der Waals surface area contributed by atoms with E-state index >= 15 is 0 Å². The predicted octanol–water partition coefficient (Wildman–Crippen LogP) is 4.02. The first-order valence-electron chi connectivity index (χ1n) is 5.79. The van der Waals surface area contributed by atoms with Crippen molar-refractivity contribution in [2.24, 2.45) is 23.2 Å². The van der Waals surface area contributed by atoms with Crippen LogP contribution in [-0.4, -0.2) is 0 Å². The Labute approximate surface area is 82.4 Å². The van der Waals surface area contributed by atoms with Crippen LogP contribution < -0.4 is 0 Å². The lowest BCUT2D eigenvalue weighted by atomic mass is 9.88. The maximum atomic E-state index is 3.82. The van der Waals surface area contributed by atoms with E-state index in [0.29, 0.717) is 0 Å². The molecule has 1 spiro atoms. The molecular formula is C13H22. The molecule has 0 aromatic heterocycles. The molecule has 2 rings (SSSR count). The Morgan fingerprint density at radius 3 is 2.54 bits per heavy atom. The maximum absolute atomic E-state index is 3.82. The number of allylic oxidation sites excluding steroid dienone is 1. The van der Waals surface area contributed by atoms with Gasteiger partial charge in [-0.3, -0.25) is 0 Å². The van der Waals surface area contributed by atoms with Crippen molar-refractivity contribution in [1.29, 1.82) is 0 Å². The molecule has 0 heteroatoms. The van der Waals surface area contributed by atoms with Crippen molar-refractivity contribution in [2.45, 2.75) is 46.0 Å². The van der Waals surface area contributed by atoms with Crippen LogP contribution in [0, 0.1) is 23.2 Å². The van der Waals surface area contributed by atoms with E-state index in [1.807, 2.05) is 0 Å². The summed E-state index contributed by atoms with van der Waals surface area (Å²) in [5.41, 5.74) is 0.905. The zero-order chi connectivity index (χ0) is 9.47. The summed E-state index contributed by atoms with van der Waals surface area (Å²) in [6, 6.07) is 0. The summed E-state index contributed by atoms with van der Waals surface area (Å²) in [6.45, 7) is 8.61. The highest BCUT2D eigenvalue weighted by molar-refractivity contribution is 5.12. The maximum Gasteiger partial charge on any atom is -0.0266 e. The molecule has 2 aliphatic rings. The lowest BCUT2D eigenvalue weighted by Crippen LogP contribution is -2.08. The topological polar surface area (TPSA) is 0 Å². The van der Waals surface area contributed by atoms with Crippen molar-refractivity contribution >= 4 is 0 Å². The molecule has 0 aromatic rings. The Morgan fingerprint density at radius 1 is 1.38 bits per heavy atom. The molecule has 13 heavy (non-hydrogen) atoms. The second kappa shape index (κ2) is 3.15. The molecule has 3 unspecified atom stereocenters. The van der Waals surface area contributed by atoms with Crippen molar-refractivity contribution in [3.05, 3.63) is 12.7 Å². The van der Waals surface area contributed by atoms with Gasteiger partial charge in [0.1, 0.15) is 0 Å². The smallest absolute Gasteiger partial charge is 0.0266 e. The number of hydrogen-bond acceptors (Lipinski definition) is 0. The van der Waals surface area contributed by atoms with Gasteiger partial charge in [-0.1, -0.05) is 19.9 Å². The van der Waals surface area contributed by atoms with Crippen LogP contribution in [0.2, 0.25) is 0 Å². The molecule has 0 aromatic carbocycles. The van der Waals surface area contributed by atoms with Gasteiger partial charge >= 0.3 is 0 Å². The summed E-state index contributed by atoms with van der Waals surface area (Å²) < 4.78 is 0. The summed E-state index contributed by atoms with van der Waals surface area (Å²) in [6.07, 6.45) is 9.38. The summed E-state index contributed by atoms with van der Waals surface area (Å²) in [5.74, 6) is 2.85. The zero-order valence-electron chi connectivity index (χ0n) is 9.05. The molecule has 74 valence electrons. The van der Waals surface area contributed by atoms with E-state index in [1.54, 1.807) is 19.3 Å². The first-order chi connectivity index (χ1) is 6.18. The average Bonchev–Trinajstić information content (AvgIpc) is 2.96. The van der Waals surface area contributed by atoms with Crippen LogP contribution in [0.5, 0.6) is 0 Å². The van der Waals surface area contributed by atoms with E-state index < -0.39 is 0 Å². The van der Waals surface area contributed by atoms with Gasteiger partial charge in [-0.05, 0) is 55.3 Å². The van der Waals surface area contributed by atoms with Gasteiger partial charge in [0.15, 0.2) is 0 Å². The number of hydrogen-bond donors (Lipinski definition) is 0. The van der Waals surface area contributed by atoms with Crippen LogP contribution in [0.4, 0.5) is 0 Å². The molecule has 0 saturated heterocycles. The fraction of sp³-hybridized carbons (Fsp3) is 0.846. The van der Waals surface area contributed by atoms with Crippen LogP contribution in [0.15, 0.2) is 12.7 Å². The molecule has 0 N–H and O–H groups in total. The van der Waals surface area contributed by atoms with Crippen LogP contribution in [0.25, 0.3) is 0 Å². The highest BCUT2D eigenvalue weighted by Crippen LogP contribution is 2.72. The lowest BCUT2D eigenvalue weighted by molar-refractivity contribution is 0.342. The van der Waals surface area contributed by atoms with Gasteiger partial charge in [0.05, 0.1) is 0 Å². The van der Waals surface area contributed by atoms with Crippen molar-refractivity contribution < 1.29 is 0 Å². The van der Waals surface area contributed by atoms with Gasteiger partial charge in [-0.25, -0.2) is 0 Å². The van der Waals surface area contributed by atoms with Crippen molar-refractivity contribution in [3.8, 4) is 0 Å². The Hall–Kier alpha value is -0.260. The molecule has 3 atom stereocenters. The highest BCUT2D eigenvalue weighted by atomic mass is 14.7. The summed E-state index contributed by atoms with van der Waals surface area (Å²) in [4.78, 5) is 0. The Balaban J connectivity index is 1.71. The van der Waals surface area contributed by atoms with Crippen molar-refractivity contribution in [1.82, 2.24) is 0 Å². The second-order valence-electron chi connectivity index (χ2n) is 5.48. The summed E-state index contributed by atoms with van der Waals surface area (Å²) in [7, 11) is 0. The molecule has 0 bridgehead atoms. The van der Waals surface area contributed by atoms with E-state index in [0.717, 1.165) is 23.2 Å². The van der Waals surface area contributed by atoms with Crippen LogP contribution in [0.1, 0.15) is 46.0 Å². The summed E-state index contributed by atoms with van der Waals surface area (Å²) >= 11 is 0. The fourth-order valence-corrected chi connectivity index (χ4v) is 2.71. The Morgan fingerprint density at radius 2 is 2.08 bits per heavy atom. The minimum absolute atomic E-state index is 0.842. The van der Waals surface area contributed by atoms with E-state index in [4.69, 9.17) is 0 Å². The zero-order valence-corrected chi connectivity index (χ0v) is 9.05. The normalized spacial score (nSPS) is 32.6. The molecule has 2 saturated carbocycles. The first-order valence-corrected chi connectivity index (χ1v) is 5.79. The van der Waals surface area contributed by atoms with Crippen LogP contribution in [-0.2, 0) is 0 Å². The standard InChI is InChI=1S/C13H22/c1-4-5-10(2)11(3)8-12-9-13(12)6-7-13/h4,10-12H,1,5-9H2,2-3H3. The average molecular weight is 178 g/mol. The second-order valence-corrected chi connectivity index (χ2v) is 5.48. The molecule has 0 nitrogen and oxygen atoms in total. The molecule has 2 aliphatic carbocycles. The Bertz CT molecular complexity index is 200. The molecular weight excluding hydrogens is 156 g/mol. The lowest BCUT2D eigenvalue weighted by Gasteiger charge is -2.18. The largest absolute Gasteiger partial charge is 0.103 e. The van der Waals surface area contributed by atoms with E-state index in [-0.39, 0.29) is 0 Å². The Kier molecular flexibility index (Phi) is 2.25. The van der Waals surface area contributed by atoms with Gasteiger partial charge < -0.3 is 0 Å². The number of rotatable bonds is 5. The third-order valence-corrected chi connectivity index (χ3v) is 4.42. The minimum atomic E-state index is 0.842. The quantitative estimate of drug-likeness (QED) is 0.558. The van der Waals surface area contributed by atoms with E-state index in [2.05, 4.69) is 26.5 Å². The summed E-state index contributed by atoms with van der Waals surface area (Å²) in [5, 5.41) is 0. The molecule has 0 heterocycles. The van der Waals surface area contributed by atoms with Gasteiger partial charge in [0.25, 0.3) is 0 Å². The van der Waals surface area contributed by atoms with Crippen LogP contribution in [0.3, 0.4) is 0 Å². The van der Waals surface area contributed by atoms with Gasteiger partial charge in [-0.2, -0.15) is 0 Å². The van der Waals surface area contributed by atoms with Gasteiger partial charge in [0.2, 0.25) is 0 Å². The van der Waals surface area contributed by atoms with Crippen LogP contribution >= 0.6 is 0 Å². The fourth-order valence-electron chi connectivity index (χ4n) is 2.71. The molecule has 0 amide bonds. The van der Waals surface area contributed by atoms with Crippen molar-refractivity contribution in [2.75, 3.05) is 0 Å². The van der Waals surface area contributed by atoms with Crippen molar-refractivity contribution in [3.63, 3.8) is 0 Å². The predicted molar refractivity (Wildman–Crippen MR) is 57.5 cm³/mol. The first kappa shape index (κ1) is 9.30. The van der Waals surface area contributed by atoms with Gasteiger partial charge in [-0.15, -0.1) is 6.58 Å².